The molecule has 2 nitrogen and oxygen atoms in total. The van der Waals surface area contributed by atoms with E-state index >= 15 is 0 Å². The van der Waals surface area contributed by atoms with E-state index < -0.39 is 0 Å². The Bertz CT molecular complexity index is 82.0. The Morgan fingerprint density at radius 1 is 1.38 bits per heavy atom. The van der Waals surface area contributed by atoms with Gasteiger partial charge in [0.2, 0.25) is 7.98 Å². The van der Waals surface area contributed by atoms with Crippen molar-refractivity contribution in [3.05, 3.63) is 0 Å². The molecule has 0 aromatic carbocycles. The van der Waals surface area contributed by atoms with Crippen molar-refractivity contribution in [2.75, 3.05) is 21.1 Å². The highest BCUT2D eigenvalue weighted by Crippen LogP contribution is 1.83. The fourth-order valence-electron chi connectivity index (χ4n) is 0.315. The highest BCUT2D eigenvalue weighted by Gasteiger charge is 1.96. The van der Waals surface area contributed by atoms with Crippen molar-refractivity contribution >= 4 is 25.3 Å². The van der Waals surface area contributed by atoms with Crippen molar-refractivity contribution in [1.29, 1.82) is 0 Å². The van der Waals surface area contributed by atoms with Gasteiger partial charge in [0.1, 0.15) is 0 Å². The van der Waals surface area contributed by atoms with Crippen LogP contribution in [0.3, 0.4) is 0 Å². The van der Waals surface area contributed by atoms with Crippen LogP contribution in [-0.4, -0.2) is 43.9 Å². The van der Waals surface area contributed by atoms with E-state index in [1.165, 1.54) is 4.81 Å². The first-order chi connectivity index (χ1) is 3.55. The molecule has 4 heteroatoms. The fourth-order valence-corrected chi connectivity index (χ4v) is 0.315. The molecule has 0 spiro atoms. The van der Waals surface area contributed by atoms with Gasteiger partial charge in [0.25, 0.3) is 0 Å². The van der Waals surface area contributed by atoms with Gasteiger partial charge in [-0.05, 0) is 19.3 Å². The number of hydrogen-bond acceptors (Lipinski definition) is 1. The van der Waals surface area contributed by atoms with Crippen LogP contribution in [0, 0.1) is 0 Å². The van der Waals surface area contributed by atoms with Gasteiger partial charge in [-0.15, -0.1) is 0 Å². The van der Waals surface area contributed by atoms with Crippen LogP contribution in [0.2, 0.25) is 0 Å². The minimum absolute atomic E-state index is 0.630. The lowest BCUT2D eigenvalue weighted by molar-refractivity contribution is 0.565. The molecule has 44 valence electrons. The molecule has 0 N–H and O–H groups in total. The Hall–Kier alpha value is -0.245. The van der Waals surface area contributed by atoms with Gasteiger partial charge in [0.05, 0.1) is 0 Å². The van der Waals surface area contributed by atoms with Gasteiger partial charge < -0.3 is 9.71 Å². The molecule has 8 heavy (non-hydrogen) atoms. The SMILES string of the molecule is [B]N(C)C(=S)N(C)C. The van der Waals surface area contributed by atoms with Gasteiger partial charge in [-0.2, -0.15) is 0 Å². The van der Waals surface area contributed by atoms with Crippen LogP contribution in [0.1, 0.15) is 0 Å². The Labute approximate surface area is 56.9 Å². The summed E-state index contributed by atoms with van der Waals surface area (Å²) in [5.74, 6) is 0. The molecule has 0 aliphatic heterocycles. The molecule has 0 saturated heterocycles. The molecular formula is C4H9BN2S. The smallest absolute Gasteiger partial charge is 0.229 e. The van der Waals surface area contributed by atoms with Crippen LogP contribution in [0.15, 0.2) is 0 Å². The average molecular weight is 128 g/mol. The molecule has 2 radical (unpaired) electrons. The lowest BCUT2D eigenvalue weighted by Gasteiger charge is -2.20. The monoisotopic (exact) mass is 128 g/mol. The first-order valence-corrected chi connectivity index (χ1v) is 2.66. The highest BCUT2D eigenvalue weighted by atomic mass is 32.1. The minimum atomic E-state index is 0.630. The van der Waals surface area contributed by atoms with E-state index in [-0.39, 0.29) is 0 Å². The lowest BCUT2D eigenvalue weighted by Crippen LogP contribution is -2.33. The molecule has 0 amide bonds. The van der Waals surface area contributed by atoms with E-state index in [2.05, 4.69) is 0 Å². The topological polar surface area (TPSA) is 6.48 Å². The first kappa shape index (κ1) is 7.75. The van der Waals surface area contributed by atoms with Crippen LogP contribution in [0.4, 0.5) is 0 Å². The summed E-state index contributed by atoms with van der Waals surface area (Å²) in [5, 5.41) is 0.630. The molecule has 0 aliphatic rings. The van der Waals surface area contributed by atoms with Crippen molar-refractivity contribution in [2.45, 2.75) is 0 Å². The van der Waals surface area contributed by atoms with Crippen LogP contribution < -0.4 is 0 Å². The molecule has 0 aromatic rings. The Kier molecular flexibility index (Phi) is 2.83. The van der Waals surface area contributed by atoms with E-state index in [0.29, 0.717) is 5.11 Å². The lowest BCUT2D eigenvalue weighted by atomic mass is 10.4. The van der Waals surface area contributed by atoms with Crippen LogP contribution in [0.5, 0.6) is 0 Å². The first-order valence-electron chi connectivity index (χ1n) is 2.25. The van der Waals surface area contributed by atoms with E-state index in [4.69, 9.17) is 20.2 Å². The van der Waals surface area contributed by atoms with Gasteiger partial charge >= 0.3 is 0 Å². The van der Waals surface area contributed by atoms with Crippen LogP contribution in [-0.2, 0) is 0 Å². The molecule has 0 rings (SSSR count). The van der Waals surface area contributed by atoms with Crippen LogP contribution in [0.25, 0.3) is 0 Å². The zero-order valence-electron chi connectivity index (χ0n) is 5.38. The van der Waals surface area contributed by atoms with Crippen molar-refractivity contribution in [2.24, 2.45) is 0 Å². The zero-order chi connectivity index (χ0) is 6.73. The maximum atomic E-state index is 5.29. The maximum Gasteiger partial charge on any atom is 0.229 e. The minimum Gasteiger partial charge on any atom is -0.406 e. The van der Waals surface area contributed by atoms with Crippen molar-refractivity contribution < 1.29 is 0 Å². The normalized spacial score (nSPS) is 8.38. The Morgan fingerprint density at radius 2 is 1.75 bits per heavy atom. The van der Waals surface area contributed by atoms with Crippen molar-refractivity contribution in [1.82, 2.24) is 9.71 Å². The molecule has 0 saturated carbocycles. The van der Waals surface area contributed by atoms with Gasteiger partial charge in [-0.1, -0.05) is 0 Å². The van der Waals surface area contributed by atoms with Gasteiger partial charge in [0.15, 0.2) is 5.11 Å². The predicted molar refractivity (Wildman–Crippen MR) is 39.8 cm³/mol. The third-order valence-corrected chi connectivity index (χ3v) is 1.34. The summed E-state index contributed by atoms with van der Waals surface area (Å²) in [5.41, 5.74) is 0. The predicted octanol–water partition coefficient (Wildman–Crippen LogP) is -0.152. The van der Waals surface area contributed by atoms with E-state index in [0.717, 1.165) is 0 Å². The largest absolute Gasteiger partial charge is 0.406 e. The molecular weight excluding hydrogens is 119 g/mol. The summed E-state index contributed by atoms with van der Waals surface area (Å²) in [4.78, 5) is 3.17. The van der Waals surface area contributed by atoms with Gasteiger partial charge in [-0.25, -0.2) is 0 Å². The standard InChI is InChI=1S/C4H9BN2S/c1-6(2)4(8)7(3)5/h1-3H3. The Balaban J connectivity index is 3.65. The summed E-state index contributed by atoms with van der Waals surface area (Å²) in [6.07, 6.45) is 0. The number of nitrogens with zero attached hydrogens (tertiary/aromatic N) is 2. The summed E-state index contributed by atoms with van der Waals surface area (Å²) in [6.45, 7) is 0. The maximum absolute atomic E-state index is 5.29. The second-order valence-electron chi connectivity index (χ2n) is 1.79. The number of hydrogen-bond donors (Lipinski definition) is 0. The second kappa shape index (κ2) is 2.92. The molecule has 0 aromatic heterocycles. The molecule has 0 bridgehead atoms. The van der Waals surface area contributed by atoms with Crippen molar-refractivity contribution in [3.8, 4) is 0 Å². The molecule has 0 heterocycles. The van der Waals surface area contributed by atoms with Crippen LogP contribution >= 0.6 is 12.2 Å². The van der Waals surface area contributed by atoms with E-state index in [9.17, 15) is 0 Å². The quantitative estimate of drug-likeness (QED) is 0.331. The summed E-state index contributed by atoms with van der Waals surface area (Å²) in [7, 11) is 10.7. The molecule has 0 fully saturated rings. The summed E-state index contributed by atoms with van der Waals surface area (Å²) < 4.78 is 0. The highest BCUT2D eigenvalue weighted by molar-refractivity contribution is 7.80. The number of thiocarbonyl (C=S) groups is 1. The fraction of sp³-hybridized carbons (Fsp3) is 0.750. The van der Waals surface area contributed by atoms with Crippen molar-refractivity contribution in [3.63, 3.8) is 0 Å². The molecule has 0 aliphatic carbocycles. The van der Waals surface area contributed by atoms with Gasteiger partial charge in [-0.3, -0.25) is 0 Å². The van der Waals surface area contributed by atoms with E-state index in [1.54, 1.807) is 11.9 Å². The third kappa shape index (κ3) is 2.16. The molecule has 0 unspecified atom stereocenters. The third-order valence-electron chi connectivity index (χ3n) is 0.684. The molecule has 0 atom stereocenters. The summed E-state index contributed by atoms with van der Waals surface area (Å²) >= 11 is 4.83. The Morgan fingerprint density at radius 3 is 1.75 bits per heavy atom. The van der Waals surface area contributed by atoms with E-state index in [1.807, 2.05) is 14.1 Å². The second-order valence-corrected chi connectivity index (χ2v) is 2.15. The zero-order valence-corrected chi connectivity index (χ0v) is 6.20. The summed E-state index contributed by atoms with van der Waals surface area (Å²) in [6, 6.07) is 0. The van der Waals surface area contributed by atoms with Gasteiger partial charge in [0, 0.05) is 14.1 Å². The number of rotatable bonds is 0. The average Bonchev–Trinajstić information content (AvgIpc) is 1.64.